The van der Waals surface area contributed by atoms with E-state index < -0.39 is 5.91 Å². The molecule has 0 unspecified atom stereocenters. The summed E-state index contributed by atoms with van der Waals surface area (Å²) >= 11 is 1.25. The Morgan fingerprint density at radius 3 is 2.74 bits per heavy atom. The van der Waals surface area contributed by atoms with Crippen LogP contribution in [0.1, 0.15) is 5.69 Å². The minimum Gasteiger partial charge on any atom is -0.497 e. The molecule has 1 saturated heterocycles. The van der Waals surface area contributed by atoms with E-state index in [0.29, 0.717) is 16.3 Å². The van der Waals surface area contributed by atoms with Gasteiger partial charge in [0, 0.05) is 48.9 Å². The Labute approximate surface area is 202 Å². The zero-order chi connectivity index (χ0) is 23.9. The highest BCUT2D eigenvalue weighted by Gasteiger charge is 2.16. The molecule has 9 nitrogen and oxygen atoms in total. The first kappa shape index (κ1) is 23.4. The molecule has 176 valence electrons. The number of anilines is 2. The number of carbonyl (C=O) groups excluding carboxylic acids is 1. The molecule has 4 rings (SSSR count). The van der Waals surface area contributed by atoms with Crippen LogP contribution in [0.5, 0.6) is 5.75 Å². The van der Waals surface area contributed by atoms with E-state index in [1.165, 1.54) is 11.8 Å². The molecule has 0 bridgehead atoms. The number of amides is 1. The number of rotatable bonds is 8. The Bertz CT molecular complexity index is 1180. The second kappa shape index (κ2) is 10.9. The summed E-state index contributed by atoms with van der Waals surface area (Å²) in [5.41, 5.74) is 9.28. The number of thioether (sulfide) groups is 1. The van der Waals surface area contributed by atoms with E-state index in [2.05, 4.69) is 32.2 Å². The van der Waals surface area contributed by atoms with Crippen LogP contribution in [0, 0.1) is 0 Å². The fraction of sp³-hybridized carbons (Fsp3) is 0.208. The fourth-order valence-corrected chi connectivity index (χ4v) is 4.07. The summed E-state index contributed by atoms with van der Waals surface area (Å²) < 4.78 is 6.94. The van der Waals surface area contributed by atoms with Gasteiger partial charge in [-0.25, -0.2) is 4.68 Å². The lowest BCUT2D eigenvalue weighted by atomic mass is 10.2. The van der Waals surface area contributed by atoms with Gasteiger partial charge in [0.2, 0.25) is 0 Å². The molecule has 3 aromatic rings. The molecule has 4 N–H and O–H groups in total. The van der Waals surface area contributed by atoms with Gasteiger partial charge in [-0.3, -0.25) is 9.78 Å². The number of benzene rings is 1. The van der Waals surface area contributed by atoms with Crippen molar-refractivity contribution in [3.05, 3.63) is 78.4 Å². The molecule has 1 aliphatic heterocycles. The van der Waals surface area contributed by atoms with Gasteiger partial charge in [-0.1, -0.05) is 18.3 Å². The van der Waals surface area contributed by atoms with Crippen LogP contribution in [-0.2, 0) is 4.79 Å². The van der Waals surface area contributed by atoms with Crippen molar-refractivity contribution in [2.24, 2.45) is 5.73 Å². The summed E-state index contributed by atoms with van der Waals surface area (Å²) in [4.78, 5) is 19.7. The lowest BCUT2D eigenvalue weighted by Crippen LogP contribution is -2.43. The maximum absolute atomic E-state index is 12.7. The summed E-state index contributed by atoms with van der Waals surface area (Å²) in [6.45, 7) is 7.57. The van der Waals surface area contributed by atoms with Crippen molar-refractivity contribution in [2.75, 3.05) is 43.5 Å². The molecule has 3 heterocycles. The Kier molecular flexibility index (Phi) is 7.51. The molecule has 1 aliphatic rings. The number of nitrogens with one attached hydrogen (secondary N) is 2. The predicted octanol–water partition coefficient (Wildman–Crippen LogP) is 2.83. The molecule has 34 heavy (non-hydrogen) atoms. The molecule has 10 heteroatoms. The average molecular weight is 478 g/mol. The number of hydrogen-bond donors (Lipinski definition) is 3. The molecule has 1 aromatic carbocycles. The first-order valence-electron chi connectivity index (χ1n) is 10.8. The quantitative estimate of drug-likeness (QED) is 0.425. The number of piperazine rings is 1. The molecule has 1 fully saturated rings. The molecule has 0 spiro atoms. The van der Waals surface area contributed by atoms with Crippen molar-refractivity contribution in [3.63, 3.8) is 0 Å². The maximum Gasteiger partial charge on any atom is 0.272 e. The third-order valence-corrected chi connectivity index (χ3v) is 6.17. The Hall–Kier alpha value is -3.76. The third-order valence-electron chi connectivity index (χ3n) is 5.31. The van der Waals surface area contributed by atoms with Crippen LogP contribution in [0.3, 0.4) is 0 Å². The van der Waals surface area contributed by atoms with E-state index in [9.17, 15) is 4.79 Å². The summed E-state index contributed by atoms with van der Waals surface area (Å²) in [6.07, 6.45) is 5.21. The molecule has 0 radical (unpaired) electrons. The molecule has 1 amide bonds. The zero-order valence-corrected chi connectivity index (χ0v) is 19.7. The number of aromatic nitrogens is 3. The standard InChI is InChI=1S/C24H27N7O2S/c1-17(21-8-12-31(29-21)18-3-5-19(33-2)6-4-18)34-16-20(25)24(32)28-22-15-27-9-7-23(22)30-13-10-26-11-14-30/h3-9,12,15-16,26H,1,10-11,13-14,25H2,2H3,(H,28,32)/b20-16-. The van der Waals surface area contributed by atoms with Crippen molar-refractivity contribution < 1.29 is 9.53 Å². The summed E-state index contributed by atoms with van der Waals surface area (Å²) in [5, 5.41) is 12.3. The van der Waals surface area contributed by atoms with E-state index in [1.807, 2.05) is 42.6 Å². The van der Waals surface area contributed by atoms with Crippen molar-refractivity contribution in [1.82, 2.24) is 20.1 Å². The topological polar surface area (TPSA) is 110 Å². The SMILES string of the molecule is C=C(S/C=C(\N)C(=O)Nc1cnccc1N1CCNCC1)c1ccn(-c2ccc(OC)cc2)n1. The second-order valence-corrected chi connectivity index (χ2v) is 8.51. The molecular weight excluding hydrogens is 450 g/mol. The fourth-order valence-electron chi connectivity index (χ4n) is 3.46. The van der Waals surface area contributed by atoms with Crippen LogP contribution < -0.4 is 26.0 Å². The molecule has 0 aliphatic carbocycles. The summed E-state index contributed by atoms with van der Waals surface area (Å²) in [7, 11) is 1.63. The van der Waals surface area contributed by atoms with E-state index in [0.717, 1.165) is 43.3 Å². The number of hydrogen-bond acceptors (Lipinski definition) is 8. The summed E-state index contributed by atoms with van der Waals surface area (Å²) in [5.74, 6) is 0.384. The van der Waals surface area contributed by atoms with E-state index in [1.54, 1.807) is 29.6 Å². The maximum atomic E-state index is 12.7. The van der Waals surface area contributed by atoms with Gasteiger partial charge in [-0.2, -0.15) is 5.10 Å². The van der Waals surface area contributed by atoms with Crippen LogP contribution in [0.4, 0.5) is 11.4 Å². The molecule has 2 aromatic heterocycles. The van der Waals surface area contributed by atoms with Gasteiger partial charge in [-0.05, 0) is 36.4 Å². The van der Waals surface area contributed by atoms with E-state index >= 15 is 0 Å². The van der Waals surface area contributed by atoms with Crippen LogP contribution in [0.15, 0.2) is 72.7 Å². The number of methoxy groups -OCH3 is 1. The Morgan fingerprint density at radius 1 is 1.24 bits per heavy atom. The smallest absolute Gasteiger partial charge is 0.272 e. The highest BCUT2D eigenvalue weighted by atomic mass is 32.2. The number of nitrogens with zero attached hydrogens (tertiary/aromatic N) is 4. The van der Waals surface area contributed by atoms with Gasteiger partial charge in [-0.15, -0.1) is 0 Å². The highest BCUT2D eigenvalue weighted by molar-refractivity contribution is 8.10. The first-order valence-corrected chi connectivity index (χ1v) is 11.7. The average Bonchev–Trinajstić information content (AvgIpc) is 3.38. The molecule has 0 saturated carbocycles. The van der Waals surface area contributed by atoms with Crippen LogP contribution in [0.2, 0.25) is 0 Å². The predicted molar refractivity (Wildman–Crippen MR) is 137 cm³/mol. The van der Waals surface area contributed by atoms with Gasteiger partial charge in [0.05, 0.1) is 36.1 Å². The van der Waals surface area contributed by atoms with Crippen LogP contribution >= 0.6 is 11.8 Å². The second-order valence-electron chi connectivity index (χ2n) is 7.54. The van der Waals surface area contributed by atoms with Crippen molar-refractivity contribution in [3.8, 4) is 11.4 Å². The Balaban J connectivity index is 1.38. The summed E-state index contributed by atoms with van der Waals surface area (Å²) in [6, 6.07) is 11.3. The number of pyridine rings is 1. The number of ether oxygens (including phenoxy) is 1. The zero-order valence-electron chi connectivity index (χ0n) is 18.9. The van der Waals surface area contributed by atoms with Crippen LogP contribution in [-0.4, -0.2) is 54.0 Å². The van der Waals surface area contributed by atoms with Crippen LogP contribution in [0.25, 0.3) is 10.6 Å². The van der Waals surface area contributed by atoms with Gasteiger partial charge in [0.1, 0.15) is 11.4 Å². The van der Waals surface area contributed by atoms with Gasteiger partial charge >= 0.3 is 0 Å². The van der Waals surface area contributed by atoms with E-state index in [-0.39, 0.29) is 5.70 Å². The lowest BCUT2D eigenvalue weighted by molar-refractivity contribution is -0.112. The molecular formula is C24H27N7O2S. The van der Waals surface area contributed by atoms with Crippen molar-refractivity contribution in [1.29, 1.82) is 0 Å². The number of nitrogens with two attached hydrogens (primary N) is 1. The first-order chi connectivity index (χ1) is 16.5. The van der Waals surface area contributed by atoms with Crippen molar-refractivity contribution >= 4 is 33.9 Å². The van der Waals surface area contributed by atoms with Crippen molar-refractivity contribution in [2.45, 2.75) is 0 Å². The Morgan fingerprint density at radius 2 is 2.00 bits per heavy atom. The normalized spacial score (nSPS) is 14.0. The lowest BCUT2D eigenvalue weighted by Gasteiger charge is -2.30. The van der Waals surface area contributed by atoms with Gasteiger partial charge in [0.25, 0.3) is 5.91 Å². The third kappa shape index (κ3) is 5.59. The van der Waals surface area contributed by atoms with Gasteiger partial charge in [0.15, 0.2) is 0 Å². The minimum atomic E-state index is -0.395. The monoisotopic (exact) mass is 477 g/mol. The molecule has 0 atom stereocenters. The number of carbonyl (C=O) groups is 1. The highest BCUT2D eigenvalue weighted by Crippen LogP contribution is 2.28. The van der Waals surface area contributed by atoms with E-state index in [4.69, 9.17) is 10.5 Å². The van der Waals surface area contributed by atoms with Gasteiger partial charge < -0.3 is 26.0 Å². The largest absolute Gasteiger partial charge is 0.497 e. The minimum absolute atomic E-state index is 0.0795.